The number of carbonyl (C=O) groups is 1. The van der Waals surface area contributed by atoms with Crippen molar-refractivity contribution in [2.24, 2.45) is 0 Å². The molecule has 1 amide bonds. The lowest BCUT2D eigenvalue weighted by molar-refractivity contribution is 0.0933. The van der Waals surface area contributed by atoms with Crippen LogP contribution in [0.3, 0.4) is 0 Å². The normalized spacial score (nSPS) is 12.3. The number of nitrogens with one attached hydrogen (secondary N) is 1. The van der Waals surface area contributed by atoms with Crippen LogP contribution in [0.2, 0.25) is 0 Å². The van der Waals surface area contributed by atoms with Crippen LogP contribution >= 0.6 is 11.3 Å². The number of aromatic nitrogens is 3. The van der Waals surface area contributed by atoms with Gasteiger partial charge in [0.2, 0.25) is 0 Å². The van der Waals surface area contributed by atoms with Crippen molar-refractivity contribution in [3.05, 3.63) is 45.1 Å². The van der Waals surface area contributed by atoms with Gasteiger partial charge >= 0.3 is 5.76 Å². The summed E-state index contributed by atoms with van der Waals surface area (Å²) in [5, 5.41) is 12.6. The van der Waals surface area contributed by atoms with Crippen LogP contribution in [0.5, 0.6) is 0 Å². The number of aryl methyl sites for hydroxylation is 2. The number of hydrogen-bond donors (Lipinski definition) is 1. The number of amides is 1. The van der Waals surface area contributed by atoms with E-state index in [9.17, 15) is 9.59 Å². The van der Waals surface area contributed by atoms with Crippen LogP contribution in [0.1, 0.15) is 28.7 Å². The molecular formula is C15H16N4O4S. The molecule has 24 heavy (non-hydrogen) atoms. The predicted molar refractivity (Wildman–Crippen MR) is 87.0 cm³/mol. The van der Waals surface area contributed by atoms with Crippen molar-refractivity contribution < 1.29 is 13.7 Å². The van der Waals surface area contributed by atoms with Crippen LogP contribution in [0.25, 0.3) is 10.8 Å². The van der Waals surface area contributed by atoms with Crippen LogP contribution in [0.15, 0.2) is 31.2 Å². The smallest absolute Gasteiger partial charge is 0.387 e. The summed E-state index contributed by atoms with van der Waals surface area (Å²) in [7, 11) is 0. The van der Waals surface area contributed by atoms with Crippen molar-refractivity contribution in [3.63, 3.8) is 0 Å². The minimum atomic E-state index is -0.558. The lowest BCUT2D eigenvalue weighted by Gasteiger charge is -2.12. The predicted octanol–water partition coefficient (Wildman–Crippen LogP) is 1.99. The van der Waals surface area contributed by atoms with Crippen molar-refractivity contribution in [2.45, 2.75) is 33.4 Å². The van der Waals surface area contributed by atoms with E-state index < -0.39 is 5.76 Å². The van der Waals surface area contributed by atoms with Crippen molar-refractivity contribution in [3.8, 4) is 10.8 Å². The van der Waals surface area contributed by atoms with E-state index in [0.717, 1.165) is 4.88 Å². The highest BCUT2D eigenvalue weighted by Gasteiger charge is 2.20. The monoisotopic (exact) mass is 348 g/mol. The number of hydrogen-bond acceptors (Lipinski definition) is 7. The van der Waals surface area contributed by atoms with E-state index in [-0.39, 0.29) is 24.4 Å². The van der Waals surface area contributed by atoms with E-state index in [0.29, 0.717) is 17.0 Å². The zero-order chi connectivity index (χ0) is 17.3. The van der Waals surface area contributed by atoms with Gasteiger partial charge in [-0.3, -0.25) is 4.79 Å². The van der Waals surface area contributed by atoms with Gasteiger partial charge in [0, 0.05) is 6.04 Å². The standard InChI is InChI=1S/C15H16N4O4S/c1-8(16-13(20)12-9(2)18-23-10(12)3)7-19-15(21)22-14(17-19)11-5-4-6-24-11/h4-6,8H,7H2,1-3H3,(H,16,20)/t8-/m0/s1. The largest absolute Gasteiger partial charge is 0.437 e. The minimum absolute atomic E-state index is 0.197. The Bertz CT molecular complexity index is 887. The lowest BCUT2D eigenvalue weighted by atomic mass is 10.2. The Morgan fingerprint density at radius 2 is 2.25 bits per heavy atom. The SMILES string of the molecule is Cc1noc(C)c1C(=O)N[C@@H](C)Cn1nc(-c2cccs2)oc1=O. The van der Waals surface area contributed by atoms with Gasteiger partial charge in [-0.25, -0.2) is 4.79 Å². The fourth-order valence-corrected chi connectivity index (χ4v) is 2.97. The lowest BCUT2D eigenvalue weighted by Crippen LogP contribution is -2.38. The Kier molecular flexibility index (Phi) is 4.34. The molecule has 0 spiro atoms. The molecule has 1 atom stereocenters. The van der Waals surface area contributed by atoms with Gasteiger partial charge in [0.25, 0.3) is 11.8 Å². The summed E-state index contributed by atoms with van der Waals surface area (Å²) >= 11 is 1.43. The summed E-state index contributed by atoms with van der Waals surface area (Å²) in [5.41, 5.74) is 0.935. The highest BCUT2D eigenvalue weighted by Crippen LogP contribution is 2.21. The van der Waals surface area contributed by atoms with Gasteiger partial charge in [0.05, 0.1) is 17.1 Å². The van der Waals surface area contributed by atoms with Gasteiger partial charge < -0.3 is 14.3 Å². The maximum atomic E-state index is 12.3. The quantitative estimate of drug-likeness (QED) is 0.756. The average molecular weight is 348 g/mol. The molecule has 8 nitrogen and oxygen atoms in total. The number of rotatable bonds is 5. The zero-order valence-electron chi connectivity index (χ0n) is 13.4. The second-order valence-corrected chi connectivity index (χ2v) is 6.35. The Balaban J connectivity index is 1.70. The summed E-state index contributed by atoms with van der Waals surface area (Å²) in [6, 6.07) is 3.35. The maximum absolute atomic E-state index is 12.3. The first-order chi connectivity index (χ1) is 11.5. The first-order valence-electron chi connectivity index (χ1n) is 7.31. The minimum Gasteiger partial charge on any atom is -0.387 e. The van der Waals surface area contributed by atoms with E-state index in [1.165, 1.54) is 16.0 Å². The summed E-state index contributed by atoms with van der Waals surface area (Å²) < 4.78 is 11.3. The van der Waals surface area contributed by atoms with Gasteiger partial charge in [-0.15, -0.1) is 16.4 Å². The Morgan fingerprint density at radius 3 is 2.88 bits per heavy atom. The van der Waals surface area contributed by atoms with E-state index in [1.54, 1.807) is 20.8 Å². The molecule has 126 valence electrons. The molecule has 0 aromatic carbocycles. The first-order valence-corrected chi connectivity index (χ1v) is 8.19. The third kappa shape index (κ3) is 3.16. The molecule has 0 fully saturated rings. The van der Waals surface area contributed by atoms with Crippen LogP contribution in [-0.2, 0) is 6.54 Å². The Hall–Kier alpha value is -2.68. The molecule has 0 radical (unpaired) electrons. The van der Waals surface area contributed by atoms with Crippen molar-refractivity contribution >= 4 is 17.2 Å². The third-order valence-electron chi connectivity index (χ3n) is 3.42. The van der Waals surface area contributed by atoms with Crippen LogP contribution < -0.4 is 11.1 Å². The maximum Gasteiger partial charge on any atom is 0.437 e. The van der Waals surface area contributed by atoms with E-state index in [1.807, 2.05) is 17.5 Å². The van der Waals surface area contributed by atoms with Crippen LogP contribution in [0, 0.1) is 13.8 Å². The highest BCUT2D eigenvalue weighted by atomic mass is 32.1. The Labute approximate surface area is 141 Å². The van der Waals surface area contributed by atoms with E-state index in [2.05, 4.69) is 15.6 Å². The average Bonchev–Trinajstić information content (AvgIpc) is 3.21. The van der Waals surface area contributed by atoms with Gasteiger partial charge in [0.15, 0.2) is 0 Å². The second-order valence-electron chi connectivity index (χ2n) is 5.41. The molecule has 0 aliphatic carbocycles. The number of nitrogens with zero attached hydrogens (tertiary/aromatic N) is 3. The summed E-state index contributed by atoms with van der Waals surface area (Å²) in [6.07, 6.45) is 0. The van der Waals surface area contributed by atoms with Crippen molar-refractivity contribution in [1.29, 1.82) is 0 Å². The number of thiophene rings is 1. The van der Waals surface area contributed by atoms with Gasteiger partial charge in [-0.1, -0.05) is 11.2 Å². The summed E-state index contributed by atoms with van der Waals surface area (Å²) in [5.74, 6) is -0.124. The molecule has 3 heterocycles. The second kappa shape index (κ2) is 6.44. The first kappa shape index (κ1) is 16.2. The molecule has 0 bridgehead atoms. The molecule has 0 aliphatic rings. The van der Waals surface area contributed by atoms with E-state index in [4.69, 9.17) is 8.94 Å². The fourth-order valence-electron chi connectivity index (χ4n) is 2.33. The zero-order valence-corrected chi connectivity index (χ0v) is 14.2. The number of carbonyl (C=O) groups excluding carboxylic acids is 1. The summed E-state index contributed by atoms with van der Waals surface area (Å²) in [4.78, 5) is 25.0. The van der Waals surface area contributed by atoms with Crippen molar-refractivity contribution in [2.75, 3.05) is 0 Å². The fraction of sp³-hybridized carbons (Fsp3) is 0.333. The van der Waals surface area contributed by atoms with Gasteiger partial charge in [-0.2, -0.15) is 4.68 Å². The molecule has 0 unspecified atom stereocenters. The molecule has 0 saturated carbocycles. The Morgan fingerprint density at radius 1 is 1.46 bits per heavy atom. The molecule has 1 N–H and O–H groups in total. The third-order valence-corrected chi connectivity index (χ3v) is 4.28. The molecule has 3 aromatic heterocycles. The topological polar surface area (TPSA) is 103 Å². The molecule has 0 aliphatic heterocycles. The molecule has 3 aromatic rings. The van der Waals surface area contributed by atoms with Crippen molar-refractivity contribution in [1.82, 2.24) is 20.3 Å². The van der Waals surface area contributed by atoms with Gasteiger partial charge in [0.1, 0.15) is 11.3 Å². The van der Waals surface area contributed by atoms with Crippen LogP contribution in [0.4, 0.5) is 0 Å². The molecule has 0 saturated heterocycles. The molecule has 9 heteroatoms. The highest BCUT2D eigenvalue weighted by molar-refractivity contribution is 7.13. The molecular weight excluding hydrogens is 332 g/mol. The van der Waals surface area contributed by atoms with Crippen LogP contribution in [-0.4, -0.2) is 26.9 Å². The van der Waals surface area contributed by atoms with Gasteiger partial charge in [-0.05, 0) is 32.2 Å². The summed E-state index contributed by atoms with van der Waals surface area (Å²) in [6.45, 7) is 5.35. The van der Waals surface area contributed by atoms with E-state index >= 15 is 0 Å². The molecule has 3 rings (SSSR count).